The van der Waals surface area contributed by atoms with Crippen molar-refractivity contribution in [2.75, 3.05) is 7.05 Å². The monoisotopic (exact) mass is 251 g/mol. The van der Waals surface area contributed by atoms with Crippen molar-refractivity contribution in [2.24, 2.45) is 0 Å². The first-order valence-corrected chi connectivity index (χ1v) is 5.21. The van der Waals surface area contributed by atoms with E-state index in [0.29, 0.717) is 0 Å². The second kappa shape index (κ2) is 5.77. The molecule has 96 valence electrons. The predicted molar refractivity (Wildman–Crippen MR) is 59.4 cm³/mol. The first-order valence-electron chi connectivity index (χ1n) is 5.21. The minimum Gasteiger partial charge on any atom is -0.480 e. The lowest BCUT2D eigenvalue weighted by molar-refractivity contribution is -0.137. The van der Waals surface area contributed by atoms with Crippen LogP contribution in [0.2, 0.25) is 0 Å². The molecule has 0 saturated carbocycles. The van der Waals surface area contributed by atoms with Crippen LogP contribution in [0.4, 0.5) is 0 Å². The van der Waals surface area contributed by atoms with Gasteiger partial charge < -0.3 is 10.0 Å². The molecule has 0 bridgehead atoms. The highest BCUT2D eigenvalue weighted by Gasteiger charge is 2.20. The molecule has 0 radical (unpaired) electrons. The molecule has 0 aromatic carbocycles. The molecule has 0 aliphatic carbocycles. The van der Waals surface area contributed by atoms with E-state index >= 15 is 0 Å². The number of aliphatic carboxylic acids is 1. The van der Waals surface area contributed by atoms with Crippen molar-refractivity contribution in [3.63, 3.8) is 0 Å². The Morgan fingerprint density at radius 2 is 2.33 bits per heavy atom. The van der Waals surface area contributed by atoms with E-state index < -0.39 is 11.9 Å². The highest BCUT2D eigenvalue weighted by atomic mass is 16.4. The summed E-state index contributed by atoms with van der Waals surface area (Å²) < 4.78 is 1.07. The van der Waals surface area contributed by atoms with E-state index in [-0.39, 0.29) is 24.7 Å². The lowest BCUT2D eigenvalue weighted by Gasteiger charge is -2.21. The van der Waals surface area contributed by atoms with E-state index in [9.17, 15) is 9.59 Å². The van der Waals surface area contributed by atoms with Gasteiger partial charge in [0.1, 0.15) is 6.54 Å². The van der Waals surface area contributed by atoms with Crippen LogP contribution in [0.1, 0.15) is 23.8 Å². The molecule has 1 heterocycles. The molecule has 1 aromatic rings. The molecule has 1 atom stereocenters. The van der Waals surface area contributed by atoms with Gasteiger partial charge in [-0.3, -0.25) is 9.59 Å². The normalized spacial score (nSPS) is 11.6. The van der Waals surface area contributed by atoms with Gasteiger partial charge >= 0.3 is 5.97 Å². The SMILES string of the molecule is CC(CC#N)N(C)C(=O)c1cn(CC(=O)O)nn1. The molecule has 0 aliphatic rings. The van der Waals surface area contributed by atoms with Gasteiger partial charge in [0.15, 0.2) is 5.69 Å². The third kappa shape index (κ3) is 3.28. The fraction of sp³-hybridized carbons (Fsp3) is 0.500. The van der Waals surface area contributed by atoms with Gasteiger partial charge in [0.05, 0.1) is 18.7 Å². The van der Waals surface area contributed by atoms with Crippen molar-refractivity contribution >= 4 is 11.9 Å². The minimum atomic E-state index is -1.06. The molecule has 1 N–H and O–H groups in total. The van der Waals surface area contributed by atoms with Crippen LogP contribution < -0.4 is 0 Å². The van der Waals surface area contributed by atoms with Crippen molar-refractivity contribution in [1.29, 1.82) is 5.26 Å². The average Bonchev–Trinajstić information content (AvgIpc) is 2.75. The second-order valence-electron chi connectivity index (χ2n) is 3.82. The number of nitrogens with zero attached hydrogens (tertiary/aromatic N) is 5. The summed E-state index contributed by atoms with van der Waals surface area (Å²) in [4.78, 5) is 23.7. The Morgan fingerprint density at radius 1 is 1.67 bits per heavy atom. The van der Waals surface area contributed by atoms with Gasteiger partial charge in [0, 0.05) is 13.1 Å². The Balaban J connectivity index is 2.75. The summed E-state index contributed by atoms with van der Waals surface area (Å²) in [7, 11) is 1.56. The van der Waals surface area contributed by atoms with Gasteiger partial charge in [-0.15, -0.1) is 5.10 Å². The van der Waals surface area contributed by atoms with Crippen LogP contribution in [0.5, 0.6) is 0 Å². The summed E-state index contributed by atoms with van der Waals surface area (Å²) in [6.45, 7) is 1.39. The van der Waals surface area contributed by atoms with E-state index in [4.69, 9.17) is 10.4 Å². The maximum absolute atomic E-state index is 11.9. The Morgan fingerprint density at radius 3 is 2.89 bits per heavy atom. The molecule has 0 saturated heterocycles. The molecule has 8 heteroatoms. The Kier molecular flexibility index (Phi) is 4.37. The summed E-state index contributed by atoms with van der Waals surface area (Å²) in [5.41, 5.74) is 0.0588. The number of nitriles is 1. The molecule has 1 rings (SSSR count). The number of rotatable bonds is 5. The van der Waals surface area contributed by atoms with Crippen LogP contribution in [0.3, 0.4) is 0 Å². The third-order valence-corrected chi connectivity index (χ3v) is 2.42. The quantitative estimate of drug-likeness (QED) is 0.771. The fourth-order valence-corrected chi connectivity index (χ4v) is 1.26. The molecule has 8 nitrogen and oxygen atoms in total. The third-order valence-electron chi connectivity index (χ3n) is 2.42. The molecule has 0 spiro atoms. The Labute approximate surface area is 103 Å². The van der Waals surface area contributed by atoms with Gasteiger partial charge in [0.2, 0.25) is 0 Å². The topological polar surface area (TPSA) is 112 Å². The van der Waals surface area contributed by atoms with Crippen LogP contribution in [-0.2, 0) is 11.3 Å². The summed E-state index contributed by atoms with van der Waals surface area (Å²) >= 11 is 0. The van der Waals surface area contributed by atoms with Crippen molar-refractivity contribution in [3.05, 3.63) is 11.9 Å². The van der Waals surface area contributed by atoms with Gasteiger partial charge in [-0.05, 0) is 6.92 Å². The number of aromatic nitrogens is 3. The minimum absolute atomic E-state index is 0.0588. The van der Waals surface area contributed by atoms with Gasteiger partial charge in [-0.1, -0.05) is 5.21 Å². The first-order chi connectivity index (χ1) is 8.45. The molecule has 0 aliphatic heterocycles. The molecule has 18 heavy (non-hydrogen) atoms. The van der Waals surface area contributed by atoms with Crippen LogP contribution in [0.15, 0.2) is 6.20 Å². The van der Waals surface area contributed by atoms with E-state index in [2.05, 4.69) is 10.3 Å². The number of carboxylic acid groups (broad SMARTS) is 1. The van der Waals surface area contributed by atoms with E-state index in [1.54, 1.807) is 14.0 Å². The zero-order valence-electron chi connectivity index (χ0n) is 10.1. The van der Waals surface area contributed by atoms with E-state index in [1.165, 1.54) is 11.1 Å². The number of hydrogen-bond acceptors (Lipinski definition) is 5. The Hall–Kier alpha value is -2.43. The van der Waals surface area contributed by atoms with Crippen LogP contribution in [0.25, 0.3) is 0 Å². The summed E-state index contributed by atoms with van der Waals surface area (Å²) in [5, 5.41) is 24.3. The fourth-order valence-electron chi connectivity index (χ4n) is 1.26. The van der Waals surface area contributed by atoms with E-state index in [0.717, 1.165) is 4.68 Å². The number of amides is 1. The second-order valence-corrected chi connectivity index (χ2v) is 3.82. The molecule has 1 aromatic heterocycles. The number of carbonyl (C=O) groups excluding carboxylic acids is 1. The van der Waals surface area contributed by atoms with Gasteiger partial charge in [-0.2, -0.15) is 5.26 Å². The maximum atomic E-state index is 11.9. The molecular weight excluding hydrogens is 238 g/mol. The smallest absolute Gasteiger partial charge is 0.325 e. The van der Waals surface area contributed by atoms with Gasteiger partial charge in [-0.25, -0.2) is 4.68 Å². The van der Waals surface area contributed by atoms with Crippen molar-refractivity contribution < 1.29 is 14.7 Å². The average molecular weight is 251 g/mol. The van der Waals surface area contributed by atoms with Gasteiger partial charge in [0.25, 0.3) is 5.91 Å². The molecule has 0 fully saturated rings. The van der Waals surface area contributed by atoms with E-state index in [1.807, 2.05) is 6.07 Å². The zero-order chi connectivity index (χ0) is 13.7. The van der Waals surface area contributed by atoms with Crippen molar-refractivity contribution in [1.82, 2.24) is 19.9 Å². The number of carboxylic acids is 1. The summed E-state index contributed by atoms with van der Waals surface area (Å²) in [5.74, 6) is -1.46. The molecule has 1 unspecified atom stereocenters. The summed E-state index contributed by atoms with van der Waals surface area (Å²) in [6, 6.07) is 1.73. The van der Waals surface area contributed by atoms with Crippen LogP contribution in [0, 0.1) is 11.3 Å². The summed E-state index contributed by atoms with van der Waals surface area (Å²) in [6.07, 6.45) is 1.48. The van der Waals surface area contributed by atoms with Crippen LogP contribution in [-0.4, -0.2) is 50.0 Å². The van der Waals surface area contributed by atoms with Crippen LogP contribution >= 0.6 is 0 Å². The zero-order valence-corrected chi connectivity index (χ0v) is 10.1. The van der Waals surface area contributed by atoms with Crippen molar-refractivity contribution in [3.8, 4) is 6.07 Å². The largest absolute Gasteiger partial charge is 0.480 e. The lowest BCUT2D eigenvalue weighted by Crippen LogP contribution is -2.35. The highest BCUT2D eigenvalue weighted by Crippen LogP contribution is 2.06. The Bertz CT molecular complexity index is 490. The predicted octanol–water partition coefficient (Wildman–Crippen LogP) is -0.263. The first kappa shape index (κ1) is 13.6. The number of carbonyl (C=O) groups is 2. The highest BCUT2D eigenvalue weighted by molar-refractivity contribution is 5.92. The van der Waals surface area contributed by atoms with Crippen molar-refractivity contribution in [2.45, 2.75) is 25.9 Å². The number of hydrogen-bond donors (Lipinski definition) is 1. The standard InChI is InChI=1S/C10H13N5O3/c1-7(3-4-11)14(2)10(18)8-5-15(13-12-8)6-9(16)17/h5,7H,3,6H2,1-2H3,(H,16,17). The molecule has 1 amide bonds. The maximum Gasteiger partial charge on any atom is 0.325 e. The lowest BCUT2D eigenvalue weighted by atomic mass is 10.2. The molecular formula is C10H13N5O3.